The van der Waals surface area contributed by atoms with E-state index in [1.807, 2.05) is 6.92 Å². The highest BCUT2D eigenvalue weighted by Gasteiger charge is 2.06. The van der Waals surface area contributed by atoms with E-state index in [2.05, 4.69) is 6.58 Å². The van der Waals surface area contributed by atoms with Gasteiger partial charge in [0.25, 0.3) is 0 Å². The van der Waals surface area contributed by atoms with E-state index in [0.29, 0.717) is 9.52 Å². The van der Waals surface area contributed by atoms with E-state index in [-0.39, 0.29) is 16.5 Å². The van der Waals surface area contributed by atoms with Crippen molar-refractivity contribution in [3.63, 3.8) is 0 Å². The number of unbranched alkanes of at least 4 members (excludes halogenated alkanes) is 1. The van der Waals surface area contributed by atoms with Gasteiger partial charge in [-0.2, -0.15) is 0 Å². The van der Waals surface area contributed by atoms with Crippen molar-refractivity contribution in [1.82, 2.24) is 0 Å². The van der Waals surface area contributed by atoms with Gasteiger partial charge in [-0.15, -0.1) is 23.2 Å². The van der Waals surface area contributed by atoms with Gasteiger partial charge in [0.2, 0.25) is 0 Å². The molecule has 0 aliphatic heterocycles. The highest BCUT2D eigenvalue weighted by Crippen LogP contribution is 2.09. The maximum atomic E-state index is 10.8. The smallest absolute Gasteiger partial charge is 0.330 e. The fourth-order valence-electron chi connectivity index (χ4n) is 1.07. The van der Waals surface area contributed by atoms with Gasteiger partial charge in [-0.1, -0.05) is 25.5 Å². The molecule has 0 fully saturated rings. The summed E-state index contributed by atoms with van der Waals surface area (Å²) in [6, 6.07) is 1.04. The highest BCUT2D eigenvalue weighted by molar-refractivity contribution is 6.68. The summed E-state index contributed by atoms with van der Waals surface area (Å²) in [5, 5.41) is 0. The van der Waals surface area contributed by atoms with Crippen LogP contribution in [-0.2, 0) is 9.53 Å². The van der Waals surface area contributed by atoms with Crippen molar-refractivity contribution in [2.75, 3.05) is 0 Å². The van der Waals surface area contributed by atoms with Crippen molar-refractivity contribution in [2.24, 2.45) is 0 Å². The first-order valence-corrected chi connectivity index (χ1v) is 7.06. The quantitative estimate of drug-likeness (QED) is 0.222. The molecular formula is C10H16Cl2O2Si. The Morgan fingerprint density at radius 2 is 2.20 bits per heavy atom. The van der Waals surface area contributed by atoms with Crippen LogP contribution in [0.25, 0.3) is 0 Å². The molecular weight excluding hydrogens is 251 g/mol. The predicted molar refractivity (Wildman–Crippen MR) is 65.7 cm³/mol. The largest absolute Gasteiger partial charge is 0.460 e. The van der Waals surface area contributed by atoms with Gasteiger partial charge < -0.3 is 4.74 Å². The molecule has 0 amide bonds. The SMILES string of the molecule is C=CC(=O)OC(C)CCCC[Si]C(Cl)Cl. The number of halogens is 2. The summed E-state index contributed by atoms with van der Waals surface area (Å²) in [5.41, 5.74) is 0. The lowest BCUT2D eigenvalue weighted by Gasteiger charge is -2.11. The van der Waals surface area contributed by atoms with Gasteiger partial charge in [-0.25, -0.2) is 4.79 Å². The van der Waals surface area contributed by atoms with Gasteiger partial charge in [0, 0.05) is 6.08 Å². The normalized spacial score (nSPS) is 12.5. The molecule has 0 rings (SSSR count). The van der Waals surface area contributed by atoms with E-state index in [4.69, 9.17) is 27.9 Å². The van der Waals surface area contributed by atoms with Crippen LogP contribution in [-0.4, -0.2) is 26.1 Å². The minimum Gasteiger partial charge on any atom is -0.460 e. The van der Waals surface area contributed by atoms with Gasteiger partial charge in [0.1, 0.15) is 0 Å². The predicted octanol–water partition coefficient (Wildman–Crippen LogP) is 3.16. The molecule has 15 heavy (non-hydrogen) atoms. The first-order chi connectivity index (χ1) is 7.06. The summed E-state index contributed by atoms with van der Waals surface area (Å²) < 4.78 is 4.79. The molecule has 5 heteroatoms. The van der Waals surface area contributed by atoms with Gasteiger partial charge >= 0.3 is 5.97 Å². The number of hydrogen-bond donors (Lipinski definition) is 0. The van der Waals surface area contributed by atoms with E-state index in [1.165, 1.54) is 6.08 Å². The minimum absolute atomic E-state index is 0.0402. The van der Waals surface area contributed by atoms with Crippen LogP contribution >= 0.6 is 23.2 Å². The summed E-state index contributed by atoms with van der Waals surface area (Å²) in [4.78, 5) is 10.8. The Hall–Kier alpha value is 0.00688. The summed E-state index contributed by atoms with van der Waals surface area (Å²) in [7, 11) is 0.595. The molecule has 0 N–H and O–H groups in total. The summed E-state index contributed by atoms with van der Waals surface area (Å²) in [6.45, 7) is 5.22. The maximum absolute atomic E-state index is 10.8. The molecule has 0 aromatic rings. The molecule has 1 atom stereocenters. The van der Waals surface area contributed by atoms with Crippen molar-refractivity contribution in [1.29, 1.82) is 0 Å². The molecule has 0 heterocycles. The fraction of sp³-hybridized carbons (Fsp3) is 0.700. The zero-order valence-corrected chi connectivity index (χ0v) is 11.4. The lowest BCUT2D eigenvalue weighted by Crippen LogP contribution is -2.12. The molecule has 0 aromatic heterocycles. The van der Waals surface area contributed by atoms with E-state index in [9.17, 15) is 4.79 Å². The van der Waals surface area contributed by atoms with Crippen LogP contribution in [0, 0.1) is 0 Å². The fourth-order valence-corrected chi connectivity index (χ4v) is 2.40. The molecule has 1 unspecified atom stereocenters. The van der Waals surface area contributed by atoms with Crippen LogP contribution in [0.4, 0.5) is 0 Å². The molecule has 2 radical (unpaired) electrons. The standard InChI is InChI=1S/C10H16Cl2O2Si/c1-3-9(13)14-8(2)6-4-5-7-15-10(11)12/h3,8,10H,1,4-7H2,2H3. The van der Waals surface area contributed by atoms with Crippen LogP contribution < -0.4 is 0 Å². The highest BCUT2D eigenvalue weighted by atomic mass is 35.5. The van der Waals surface area contributed by atoms with Crippen molar-refractivity contribution in [3.05, 3.63) is 12.7 Å². The van der Waals surface area contributed by atoms with Crippen LogP contribution in [0.2, 0.25) is 6.04 Å². The number of carbonyl (C=O) groups is 1. The van der Waals surface area contributed by atoms with E-state index in [0.717, 1.165) is 25.3 Å². The Morgan fingerprint density at radius 1 is 1.53 bits per heavy atom. The number of alkyl halides is 2. The van der Waals surface area contributed by atoms with Crippen molar-refractivity contribution >= 4 is 38.7 Å². The van der Waals surface area contributed by atoms with Crippen molar-refractivity contribution in [2.45, 2.75) is 42.8 Å². The van der Waals surface area contributed by atoms with Crippen molar-refractivity contribution < 1.29 is 9.53 Å². The Balaban J connectivity index is 3.35. The molecule has 2 nitrogen and oxygen atoms in total. The lowest BCUT2D eigenvalue weighted by molar-refractivity contribution is -0.142. The first-order valence-electron chi connectivity index (χ1n) is 4.91. The van der Waals surface area contributed by atoms with E-state index < -0.39 is 0 Å². The molecule has 86 valence electrons. The number of hydrogen-bond acceptors (Lipinski definition) is 2. The van der Waals surface area contributed by atoms with Gasteiger partial charge in [-0.05, 0) is 13.3 Å². The average molecular weight is 267 g/mol. The second kappa shape index (κ2) is 9.25. The lowest BCUT2D eigenvalue weighted by atomic mass is 10.2. The Bertz CT molecular complexity index is 198. The zero-order chi connectivity index (χ0) is 11.7. The van der Waals surface area contributed by atoms with Crippen LogP contribution in [0.15, 0.2) is 12.7 Å². The van der Waals surface area contributed by atoms with E-state index >= 15 is 0 Å². The summed E-state index contributed by atoms with van der Waals surface area (Å²) >= 11 is 11.2. The number of esters is 1. The van der Waals surface area contributed by atoms with Crippen LogP contribution in [0.3, 0.4) is 0 Å². The third-order valence-corrected chi connectivity index (χ3v) is 3.70. The van der Waals surface area contributed by atoms with Gasteiger partial charge in [0.05, 0.1) is 20.1 Å². The molecule has 0 spiro atoms. The zero-order valence-electron chi connectivity index (χ0n) is 8.84. The second-order valence-corrected chi connectivity index (χ2v) is 6.52. The number of carbonyl (C=O) groups excluding carboxylic acids is 1. The first kappa shape index (κ1) is 15.0. The number of ether oxygens (including phenoxy) is 1. The molecule has 0 saturated heterocycles. The van der Waals surface area contributed by atoms with Gasteiger partial charge in [-0.3, -0.25) is 0 Å². The third-order valence-electron chi connectivity index (χ3n) is 1.82. The topological polar surface area (TPSA) is 26.3 Å². The van der Waals surface area contributed by atoms with Crippen LogP contribution in [0.1, 0.15) is 26.2 Å². The Kier molecular flexibility index (Phi) is 9.25. The molecule has 0 aliphatic rings. The third kappa shape index (κ3) is 10.3. The molecule has 0 aromatic carbocycles. The van der Waals surface area contributed by atoms with E-state index in [1.54, 1.807) is 0 Å². The van der Waals surface area contributed by atoms with Gasteiger partial charge in [0.15, 0.2) is 0 Å². The molecule has 0 aliphatic carbocycles. The Labute approximate surface area is 104 Å². The summed E-state index contributed by atoms with van der Waals surface area (Å²) in [5.74, 6) is -0.356. The second-order valence-electron chi connectivity index (χ2n) is 3.20. The summed E-state index contributed by atoms with van der Waals surface area (Å²) in [6.07, 6.45) is 4.12. The van der Waals surface area contributed by atoms with Crippen LogP contribution in [0.5, 0.6) is 0 Å². The number of rotatable bonds is 8. The minimum atomic E-state index is -0.356. The van der Waals surface area contributed by atoms with Crippen molar-refractivity contribution in [3.8, 4) is 0 Å². The molecule has 0 bridgehead atoms. The average Bonchev–Trinajstić information content (AvgIpc) is 2.16. The maximum Gasteiger partial charge on any atom is 0.330 e. The monoisotopic (exact) mass is 266 g/mol. The Morgan fingerprint density at radius 3 is 2.73 bits per heavy atom. The molecule has 0 saturated carbocycles.